The average Bonchev–Trinajstić information content (AvgIpc) is 3.04. The lowest BCUT2D eigenvalue weighted by Crippen LogP contribution is -2.37. The lowest BCUT2D eigenvalue weighted by Gasteiger charge is -2.18. The summed E-state index contributed by atoms with van der Waals surface area (Å²) in [7, 11) is 2.99. The molecule has 0 radical (unpaired) electrons. The summed E-state index contributed by atoms with van der Waals surface area (Å²) >= 11 is 0. The Bertz CT molecular complexity index is 907. The number of hydrogen-bond donors (Lipinski definition) is 1. The number of hydrogen-bond acceptors (Lipinski definition) is 4. The van der Waals surface area contributed by atoms with Crippen molar-refractivity contribution >= 4 is 23.3 Å². The SMILES string of the molecule is COc1ccc(NC(=O)CN2CCN(c3ccc(F)c(F)c3)C2=O)cc1OC. The highest BCUT2D eigenvalue weighted by Gasteiger charge is 2.31. The van der Waals surface area contributed by atoms with Crippen LogP contribution in [0.2, 0.25) is 0 Å². The van der Waals surface area contributed by atoms with Gasteiger partial charge >= 0.3 is 6.03 Å². The van der Waals surface area contributed by atoms with Crippen molar-refractivity contribution in [3.8, 4) is 11.5 Å². The van der Waals surface area contributed by atoms with E-state index in [-0.39, 0.29) is 25.3 Å². The first kappa shape index (κ1) is 19.4. The molecular formula is C19H19F2N3O4. The van der Waals surface area contributed by atoms with E-state index in [4.69, 9.17) is 9.47 Å². The largest absolute Gasteiger partial charge is 0.493 e. The Morgan fingerprint density at radius 3 is 2.46 bits per heavy atom. The zero-order chi connectivity index (χ0) is 20.3. The van der Waals surface area contributed by atoms with Crippen molar-refractivity contribution in [3.63, 3.8) is 0 Å². The maximum absolute atomic E-state index is 13.4. The normalized spacial score (nSPS) is 13.6. The molecule has 0 spiro atoms. The van der Waals surface area contributed by atoms with Gasteiger partial charge in [-0.2, -0.15) is 0 Å². The molecule has 3 rings (SSSR count). The van der Waals surface area contributed by atoms with Crippen LogP contribution < -0.4 is 19.7 Å². The summed E-state index contributed by atoms with van der Waals surface area (Å²) in [4.78, 5) is 27.4. The van der Waals surface area contributed by atoms with E-state index in [9.17, 15) is 18.4 Å². The Hall–Kier alpha value is -3.36. The van der Waals surface area contributed by atoms with E-state index in [2.05, 4.69) is 5.32 Å². The zero-order valence-electron chi connectivity index (χ0n) is 15.4. The molecule has 1 N–H and O–H groups in total. The van der Waals surface area contributed by atoms with Crippen LogP contribution in [-0.4, -0.2) is 50.7 Å². The summed E-state index contributed by atoms with van der Waals surface area (Å²) in [5.41, 5.74) is 0.735. The van der Waals surface area contributed by atoms with Crippen molar-refractivity contribution in [2.24, 2.45) is 0 Å². The van der Waals surface area contributed by atoms with Gasteiger partial charge in [-0.25, -0.2) is 13.6 Å². The lowest BCUT2D eigenvalue weighted by molar-refractivity contribution is -0.116. The van der Waals surface area contributed by atoms with E-state index < -0.39 is 23.6 Å². The van der Waals surface area contributed by atoms with Crippen LogP contribution in [-0.2, 0) is 4.79 Å². The Morgan fingerprint density at radius 2 is 1.79 bits per heavy atom. The highest BCUT2D eigenvalue weighted by atomic mass is 19.2. The summed E-state index contributed by atoms with van der Waals surface area (Å²) in [5.74, 6) is -1.43. The predicted octanol–water partition coefficient (Wildman–Crippen LogP) is 2.86. The molecule has 2 aromatic carbocycles. The van der Waals surface area contributed by atoms with Gasteiger partial charge in [0.15, 0.2) is 23.1 Å². The Kier molecular flexibility index (Phi) is 5.62. The fraction of sp³-hybridized carbons (Fsp3) is 0.263. The molecule has 0 aromatic heterocycles. The van der Waals surface area contributed by atoms with Crippen molar-refractivity contribution in [2.75, 3.05) is 44.1 Å². The van der Waals surface area contributed by atoms with Crippen molar-refractivity contribution < 1.29 is 27.8 Å². The Balaban J connectivity index is 1.63. The van der Waals surface area contributed by atoms with Gasteiger partial charge < -0.3 is 19.7 Å². The molecule has 2 aromatic rings. The van der Waals surface area contributed by atoms with E-state index >= 15 is 0 Å². The van der Waals surface area contributed by atoms with Gasteiger partial charge in [-0.05, 0) is 24.3 Å². The summed E-state index contributed by atoms with van der Waals surface area (Å²) < 4.78 is 36.8. The third kappa shape index (κ3) is 3.98. The minimum absolute atomic E-state index is 0.173. The number of amides is 3. The maximum Gasteiger partial charge on any atom is 0.325 e. The van der Waals surface area contributed by atoms with Gasteiger partial charge in [0.2, 0.25) is 5.91 Å². The van der Waals surface area contributed by atoms with Crippen LogP contribution >= 0.6 is 0 Å². The predicted molar refractivity (Wildman–Crippen MR) is 98.8 cm³/mol. The van der Waals surface area contributed by atoms with Crippen LogP contribution in [0.1, 0.15) is 0 Å². The number of nitrogens with zero attached hydrogens (tertiary/aromatic N) is 2. The first-order valence-electron chi connectivity index (χ1n) is 8.46. The molecule has 1 fully saturated rings. The molecule has 1 saturated heterocycles. The monoisotopic (exact) mass is 391 g/mol. The van der Waals surface area contributed by atoms with E-state index in [1.54, 1.807) is 18.2 Å². The fourth-order valence-corrected chi connectivity index (χ4v) is 2.91. The maximum atomic E-state index is 13.4. The number of rotatable bonds is 6. The molecule has 0 bridgehead atoms. The molecule has 0 saturated carbocycles. The van der Waals surface area contributed by atoms with Crippen molar-refractivity contribution in [3.05, 3.63) is 48.0 Å². The molecule has 9 heteroatoms. The van der Waals surface area contributed by atoms with Gasteiger partial charge in [-0.15, -0.1) is 0 Å². The second-order valence-corrected chi connectivity index (χ2v) is 6.07. The number of benzene rings is 2. The molecule has 1 aliphatic rings. The minimum Gasteiger partial charge on any atom is -0.493 e. The van der Waals surface area contributed by atoms with E-state index in [0.29, 0.717) is 17.2 Å². The van der Waals surface area contributed by atoms with Gasteiger partial charge in [0.1, 0.15) is 6.54 Å². The summed E-state index contributed by atoms with van der Waals surface area (Å²) in [6.07, 6.45) is 0. The Morgan fingerprint density at radius 1 is 1.04 bits per heavy atom. The molecule has 0 aliphatic carbocycles. The van der Waals surface area contributed by atoms with Crippen LogP contribution in [0.3, 0.4) is 0 Å². The molecule has 28 heavy (non-hydrogen) atoms. The van der Waals surface area contributed by atoms with Crippen molar-refractivity contribution in [2.45, 2.75) is 0 Å². The standard InChI is InChI=1S/C19H19F2N3O4/c1-27-16-6-3-12(9-17(16)28-2)22-18(25)11-23-7-8-24(19(23)26)13-4-5-14(20)15(21)10-13/h3-6,9-10H,7-8,11H2,1-2H3,(H,22,25). The quantitative estimate of drug-likeness (QED) is 0.822. The van der Waals surface area contributed by atoms with E-state index in [1.165, 1.54) is 30.1 Å². The van der Waals surface area contributed by atoms with E-state index in [1.807, 2.05) is 0 Å². The second-order valence-electron chi connectivity index (χ2n) is 6.07. The molecule has 0 atom stereocenters. The molecule has 3 amide bonds. The summed E-state index contributed by atoms with van der Waals surface area (Å²) in [5, 5.41) is 2.69. The number of ether oxygens (including phenoxy) is 2. The van der Waals surface area contributed by atoms with Gasteiger partial charge in [-0.3, -0.25) is 9.69 Å². The first-order chi connectivity index (χ1) is 13.4. The second kappa shape index (κ2) is 8.12. The van der Waals surface area contributed by atoms with Crippen molar-refractivity contribution in [1.29, 1.82) is 0 Å². The first-order valence-corrected chi connectivity index (χ1v) is 8.46. The zero-order valence-corrected chi connectivity index (χ0v) is 15.4. The van der Waals surface area contributed by atoms with Crippen LogP contribution in [0, 0.1) is 11.6 Å². The number of methoxy groups -OCH3 is 2. The number of nitrogens with one attached hydrogen (secondary N) is 1. The number of carbonyl (C=O) groups excluding carboxylic acids is 2. The molecule has 0 unspecified atom stereocenters. The van der Waals surface area contributed by atoms with E-state index in [0.717, 1.165) is 12.1 Å². The van der Waals surface area contributed by atoms with Crippen LogP contribution in [0.25, 0.3) is 0 Å². The summed E-state index contributed by atoms with van der Waals surface area (Å²) in [6, 6.07) is 7.71. The fourth-order valence-electron chi connectivity index (χ4n) is 2.91. The minimum atomic E-state index is -1.03. The van der Waals surface area contributed by atoms with Gasteiger partial charge in [0, 0.05) is 36.6 Å². The van der Waals surface area contributed by atoms with Gasteiger partial charge in [0.05, 0.1) is 14.2 Å². The smallest absolute Gasteiger partial charge is 0.325 e. The summed E-state index contributed by atoms with van der Waals surface area (Å²) in [6.45, 7) is 0.387. The number of halogens is 2. The van der Waals surface area contributed by atoms with Crippen molar-refractivity contribution in [1.82, 2.24) is 4.90 Å². The topological polar surface area (TPSA) is 71.1 Å². The molecule has 148 valence electrons. The lowest BCUT2D eigenvalue weighted by atomic mass is 10.2. The molecular weight excluding hydrogens is 372 g/mol. The number of carbonyl (C=O) groups is 2. The third-order valence-corrected chi connectivity index (χ3v) is 4.31. The van der Waals surface area contributed by atoms with Crippen LogP contribution in [0.4, 0.5) is 25.0 Å². The highest BCUT2D eigenvalue weighted by Crippen LogP contribution is 2.29. The number of urea groups is 1. The Labute approximate surface area is 160 Å². The number of anilines is 2. The molecule has 1 heterocycles. The molecule has 1 aliphatic heterocycles. The third-order valence-electron chi connectivity index (χ3n) is 4.31. The van der Waals surface area contributed by atoms with Crippen LogP contribution in [0.5, 0.6) is 11.5 Å². The van der Waals surface area contributed by atoms with Gasteiger partial charge in [0.25, 0.3) is 0 Å². The molecule has 7 nitrogen and oxygen atoms in total. The van der Waals surface area contributed by atoms with Gasteiger partial charge in [-0.1, -0.05) is 0 Å². The highest BCUT2D eigenvalue weighted by molar-refractivity contribution is 5.99. The average molecular weight is 391 g/mol. The van der Waals surface area contributed by atoms with Crippen LogP contribution in [0.15, 0.2) is 36.4 Å².